The minimum Gasteiger partial charge on any atom is -0.351 e. The summed E-state index contributed by atoms with van der Waals surface area (Å²) in [5, 5.41) is 2.70. The van der Waals surface area contributed by atoms with Crippen molar-refractivity contribution >= 4 is 17.3 Å². The smallest absolute Gasteiger partial charge is 0.351 e. The number of carbonyl (C=O) groups is 1. The summed E-state index contributed by atoms with van der Waals surface area (Å²) in [4.78, 5) is 14.4. The molecule has 0 unspecified atom stereocenters. The van der Waals surface area contributed by atoms with Gasteiger partial charge < -0.3 is 5.32 Å². The van der Waals surface area contributed by atoms with Crippen molar-refractivity contribution in [3.63, 3.8) is 0 Å². The lowest BCUT2D eigenvalue weighted by atomic mass is 10.1. The Hall–Kier alpha value is -3.75. The average molecular weight is 462 g/mol. The number of benzene rings is 3. The molecule has 0 saturated carbocycles. The van der Waals surface area contributed by atoms with E-state index in [-0.39, 0.29) is 17.1 Å². The molecule has 0 aromatic heterocycles. The van der Waals surface area contributed by atoms with Crippen molar-refractivity contribution in [3.05, 3.63) is 107 Å². The van der Waals surface area contributed by atoms with Gasteiger partial charge in [0, 0.05) is 11.4 Å². The van der Waals surface area contributed by atoms with Crippen LogP contribution in [0.5, 0.6) is 0 Å². The van der Waals surface area contributed by atoms with Gasteiger partial charge in [-0.15, -0.1) is 0 Å². The second-order valence-electron chi connectivity index (χ2n) is 7.36. The minimum atomic E-state index is -4.60. The van der Waals surface area contributed by atoms with Gasteiger partial charge in [-0.2, -0.15) is 26.3 Å². The van der Waals surface area contributed by atoms with Gasteiger partial charge >= 0.3 is 12.4 Å². The normalized spacial score (nSPS) is 16.7. The highest BCUT2D eigenvalue weighted by molar-refractivity contribution is 6.11. The van der Waals surface area contributed by atoms with Gasteiger partial charge in [-0.3, -0.25) is 9.69 Å². The van der Waals surface area contributed by atoms with E-state index in [0.29, 0.717) is 5.56 Å². The number of amides is 1. The minimum absolute atomic E-state index is 0.0146. The van der Waals surface area contributed by atoms with Crippen molar-refractivity contribution in [1.82, 2.24) is 0 Å². The van der Waals surface area contributed by atoms with E-state index in [4.69, 9.17) is 0 Å². The van der Waals surface area contributed by atoms with Gasteiger partial charge in [0.2, 0.25) is 0 Å². The van der Waals surface area contributed by atoms with E-state index < -0.39 is 35.4 Å². The zero-order valence-corrected chi connectivity index (χ0v) is 16.8. The second-order valence-corrected chi connectivity index (χ2v) is 7.36. The lowest BCUT2D eigenvalue weighted by molar-refractivity contribution is -0.138. The number of nitrogens with zero attached hydrogens (tertiary/aromatic N) is 1. The van der Waals surface area contributed by atoms with Gasteiger partial charge in [-0.1, -0.05) is 42.5 Å². The molecule has 3 aromatic carbocycles. The van der Waals surface area contributed by atoms with Crippen LogP contribution < -0.4 is 10.2 Å². The molecule has 4 rings (SSSR count). The summed E-state index contributed by atoms with van der Waals surface area (Å²) in [7, 11) is 0. The van der Waals surface area contributed by atoms with E-state index in [0.717, 1.165) is 24.3 Å². The van der Waals surface area contributed by atoms with Gasteiger partial charge in [0.05, 0.1) is 17.2 Å². The number of carbonyl (C=O) groups excluding carboxylic acids is 1. The highest BCUT2D eigenvalue weighted by Gasteiger charge is 2.37. The first-order chi connectivity index (χ1) is 15.5. The van der Waals surface area contributed by atoms with Crippen molar-refractivity contribution in [3.8, 4) is 0 Å². The second kappa shape index (κ2) is 8.31. The Balaban J connectivity index is 1.73. The van der Waals surface area contributed by atoms with Gasteiger partial charge in [-0.25, -0.2) is 0 Å². The molecule has 0 aliphatic carbocycles. The first-order valence-electron chi connectivity index (χ1n) is 9.76. The van der Waals surface area contributed by atoms with Gasteiger partial charge in [-0.05, 0) is 48.0 Å². The molecule has 1 N–H and O–H groups in total. The highest BCUT2D eigenvalue weighted by atomic mass is 19.4. The maximum atomic E-state index is 13.2. The van der Waals surface area contributed by atoms with E-state index in [2.05, 4.69) is 5.32 Å². The molecule has 1 amide bonds. The molecule has 9 heteroatoms. The SMILES string of the molecule is O=C1C(Nc2cccc(C(F)(F)F)c2)=C[C@H](c2ccccc2)N1c1cccc(C(F)(F)F)c1. The van der Waals surface area contributed by atoms with Gasteiger partial charge in [0.25, 0.3) is 5.91 Å². The number of nitrogens with one attached hydrogen (secondary N) is 1. The largest absolute Gasteiger partial charge is 0.416 e. The summed E-state index contributed by atoms with van der Waals surface area (Å²) in [6.45, 7) is 0. The molecule has 0 fully saturated rings. The number of hydrogen-bond donors (Lipinski definition) is 1. The van der Waals surface area contributed by atoms with Crippen LogP contribution in [-0.4, -0.2) is 5.91 Å². The molecule has 0 bridgehead atoms. The predicted octanol–water partition coefficient (Wildman–Crippen LogP) is 6.81. The van der Waals surface area contributed by atoms with E-state index in [1.54, 1.807) is 30.3 Å². The molecular formula is C24H16F6N2O. The zero-order valence-electron chi connectivity index (χ0n) is 16.8. The summed E-state index contributed by atoms with van der Waals surface area (Å²) in [6, 6.07) is 16.5. The Morgan fingerprint density at radius 2 is 1.33 bits per heavy atom. The molecule has 1 heterocycles. The Bertz CT molecular complexity index is 1200. The predicted molar refractivity (Wildman–Crippen MR) is 111 cm³/mol. The van der Waals surface area contributed by atoms with Gasteiger partial charge in [0.1, 0.15) is 5.70 Å². The topological polar surface area (TPSA) is 32.3 Å². The maximum Gasteiger partial charge on any atom is 0.416 e. The van der Waals surface area contributed by atoms with Crippen LogP contribution in [0.1, 0.15) is 22.7 Å². The molecule has 1 atom stereocenters. The Kier molecular flexibility index (Phi) is 5.65. The molecule has 0 radical (unpaired) electrons. The Morgan fingerprint density at radius 1 is 0.727 bits per heavy atom. The third-order valence-corrected chi connectivity index (χ3v) is 5.11. The summed E-state index contributed by atoms with van der Waals surface area (Å²) in [6.07, 6.45) is -7.69. The molecule has 170 valence electrons. The molecule has 0 saturated heterocycles. The van der Waals surface area contributed by atoms with Crippen molar-refractivity contribution < 1.29 is 31.1 Å². The fourth-order valence-electron chi connectivity index (χ4n) is 3.59. The monoisotopic (exact) mass is 462 g/mol. The average Bonchev–Trinajstić information content (AvgIpc) is 3.09. The van der Waals surface area contributed by atoms with Crippen LogP contribution in [0.2, 0.25) is 0 Å². The first kappa shape index (κ1) is 22.4. The fraction of sp³-hybridized carbons (Fsp3) is 0.125. The molecule has 3 nitrogen and oxygen atoms in total. The number of rotatable bonds is 4. The number of hydrogen-bond acceptors (Lipinski definition) is 2. The summed E-state index contributed by atoms with van der Waals surface area (Å²) >= 11 is 0. The van der Waals surface area contributed by atoms with Crippen LogP contribution in [0.25, 0.3) is 0 Å². The molecular weight excluding hydrogens is 446 g/mol. The third kappa shape index (κ3) is 4.72. The standard InChI is InChI=1S/C24H16F6N2O/c25-23(26,27)16-8-4-10-18(12-16)31-20-14-21(15-6-2-1-3-7-15)32(22(20)33)19-11-5-9-17(13-19)24(28,29)30/h1-14,21,31H/t21-/m1/s1. The number of halogens is 6. The highest BCUT2D eigenvalue weighted by Crippen LogP contribution is 2.39. The fourth-order valence-corrected chi connectivity index (χ4v) is 3.59. The lowest BCUT2D eigenvalue weighted by Gasteiger charge is -2.26. The van der Waals surface area contributed by atoms with E-state index in [1.807, 2.05) is 0 Å². The summed E-state index contributed by atoms with van der Waals surface area (Å²) in [5.41, 5.74) is -1.18. The summed E-state index contributed by atoms with van der Waals surface area (Å²) < 4.78 is 78.9. The van der Waals surface area contributed by atoms with Crippen LogP contribution in [0, 0.1) is 0 Å². The molecule has 33 heavy (non-hydrogen) atoms. The van der Waals surface area contributed by atoms with Crippen LogP contribution >= 0.6 is 0 Å². The van der Waals surface area contributed by atoms with Gasteiger partial charge in [0.15, 0.2) is 0 Å². The quantitative estimate of drug-likeness (QED) is 0.432. The molecule has 1 aliphatic rings. The van der Waals surface area contributed by atoms with E-state index >= 15 is 0 Å². The zero-order chi connectivity index (χ0) is 23.8. The van der Waals surface area contributed by atoms with E-state index in [1.165, 1.54) is 35.2 Å². The van der Waals surface area contributed by atoms with Crippen molar-refractivity contribution in [2.45, 2.75) is 18.4 Å². The molecule has 1 aliphatic heterocycles. The first-order valence-corrected chi connectivity index (χ1v) is 9.76. The maximum absolute atomic E-state index is 13.2. The van der Waals surface area contributed by atoms with Crippen molar-refractivity contribution in [1.29, 1.82) is 0 Å². The number of alkyl halides is 6. The van der Waals surface area contributed by atoms with Crippen LogP contribution in [0.3, 0.4) is 0 Å². The Morgan fingerprint density at radius 3 is 1.97 bits per heavy atom. The lowest BCUT2D eigenvalue weighted by Crippen LogP contribution is -2.31. The van der Waals surface area contributed by atoms with Crippen molar-refractivity contribution in [2.24, 2.45) is 0 Å². The van der Waals surface area contributed by atoms with E-state index in [9.17, 15) is 31.1 Å². The Labute approximate surface area is 185 Å². The molecule has 0 spiro atoms. The van der Waals surface area contributed by atoms with Crippen molar-refractivity contribution in [2.75, 3.05) is 10.2 Å². The molecule has 3 aromatic rings. The van der Waals surface area contributed by atoms with Crippen LogP contribution in [-0.2, 0) is 17.1 Å². The summed E-state index contributed by atoms with van der Waals surface area (Å²) in [5.74, 6) is -0.666. The number of anilines is 2. The third-order valence-electron chi connectivity index (χ3n) is 5.11. The van der Waals surface area contributed by atoms with Crippen LogP contribution in [0.4, 0.5) is 37.7 Å². The van der Waals surface area contributed by atoms with Crippen LogP contribution in [0.15, 0.2) is 90.6 Å².